The average Bonchev–Trinajstić information content (AvgIpc) is 2.39. The van der Waals surface area contributed by atoms with Crippen molar-refractivity contribution < 1.29 is 9.53 Å². The molecule has 0 aromatic heterocycles. The maximum Gasteiger partial charge on any atom is 0.310 e. The summed E-state index contributed by atoms with van der Waals surface area (Å²) in [5.41, 5.74) is 1.16. The van der Waals surface area contributed by atoms with Crippen molar-refractivity contribution in [3.63, 3.8) is 0 Å². The van der Waals surface area contributed by atoms with Gasteiger partial charge in [-0.25, -0.2) is 0 Å². The molecule has 0 bridgehead atoms. The molecule has 0 spiro atoms. The molecule has 0 radical (unpaired) electrons. The average molecular weight is 219 g/mol. The number of rotatable bonds is 2. The largest absolute Gasteiger partial charge is 0.469 e. The predicted molar refractivity (Wildman–Crippen MR) is 61.9 cm³/mol. The first kappa shape index (κ1) is 11.1. The molecule has 1 heterocycles. The molecule has 0 unspecified atom stereocenters. The smallest absolute Gasteiger partial charge is 0.310 e. The van der Waals surface area contributed by atoms with Crippen LogP contribution in [-0.2, 0) is 9.53 Å². The molecule has 1 saturated heterocycles. The molecule has 1 fully saturated rings. The Hall–Kier alpha value is -1.35. The Bertz CT molecular complexity index is 350. The van der Waals surface area contributed by atoms with E-state index in [0.29, 0.717) is 0 Å². The zero-order valence-electron chi connectivity index (χ0n) is 9.48. The topological polar surface area (TPSA) is 38.3 Å². The molecule has 1 aromatic carbocycles. The maximum absolute atomic E-state index is 11.7. The minimum Gasteiger partial charge on any atom is -0.469 e. The van der Waals surface area contributed by atoms with Crippen LogP contribution in [0.15, 0.2) is 30.3 Å². The van der Waals surface area contributed by atoms with Gasteiger partial charge in [-0.05, 0) is 24.9 Å². The summed E-state index contributed by atoms with van der Waals surface area (Å²) in [5.74, 6) is -0.165. The second-order valence-corrected chi connectivity index (χ2v) is 4.11. The molecule has 1 aliphatic rings. The number of benzene rings is 1. The molecule has 16 heavy (non-hydrogen) atoms. The number of piperidine rings is 1. The Balaban J connectivity index is 2.20. The molecule has 1 N–H and O–H groups in total. The van der Waals surface area contributed by atoms with Crippen LogP contribution in [0.25, 0.3) is 0 Å². The maximum atomic E-state index is 11.7. The van der Waals surface area contributed by atoms with Crippen molar-refractivity contribution in [1.29, 1.82) is 0 Å². The molecular weight excluding hydrogens is 202 g/mol. The van der Waals surface area contributed by atoms with Crippen LogP contribution >= 0.6 is 0 Å². The van der Waals surface area contributed by atoms with Crippen LogP contribution in [0, 0.1) is 5.92 Å². The van der Waals surface area contributed by atoms with Crippen molar-refractivity contribution in [2.75, 3.05) is 13.7 Å². The lowest BCUT2D eigenvalue weighted by Crippen LogP contribution is -2.38. The van der Waals surface area contributed by atoms with E-state index < -0.39 is 0 Å². The molecule has 0 aliphatic carbocycles. The van der Waals surface area contributed by atoms with Gasteiger partial charge < -0.3 is 10.1 Å². The van der Waals surface area contributed by atoms with Crippen LogP contribution in [-0.4, -0.2) is 19.6 Å². The Labute approximate surface area is 95.8 Å². The van der Waals surface area contributed by atoms with E-state index in [2.05, 4.69) is 17.4 Å². The lowest BCUT2D eigenvalue weighted by Gasteiger charge is -2.31. The fraction of sp³-hybridized carbons (Fsp3) is 0.462. The van der Waals surface area contributed by atoms with E-state index in [4.69, 9.17) is 4.74 Å². The predicted octanol–water partition coefficient (Wildman–Crippen LogP) is 1.90. The van der Waals surface area contributed by atoms with E-state index in [0.717, 1.165) is 24.9 Å². The minimum atomic E-state index is -0.110. The number of esters is 1. The summed E-state index contributed by atoms with van der Waals surface area (Å²) in [6.45, 7) is 0.965. The van der Waals surface area contributed by atoms with E-state index in [1.165, 1.54) is 7.11 Å². The van der Waals surface area contributed by atoms with E-state index in [1.807, 2.05) is 18.2 Å². The quantitative estimate of drug-likeness (QED) is 0.772. The molecule has 86 valence electrons. The first-order chi connectivity index (χ1) is 7.83. The molecule has 3 nitrogen and oxygen atoms in total. The van der Waals surface area contributed by atoms with Gasteiger partial charge in [-0.15, -0.1) is 0 Å². The molecule has 3 heteroatoms. The van der Waals surface area contributed by atoms with Crippen molar-refractivity contribution in [3.05, 3.63) is 35.9 Å². The summed E-state index contributed by atoms with van der Waals surface area (Å²) >= 11 is 0. The zero-order chi connectivity index (χ0) is 11.4. The van der Waals surface area contributed by atoms with Crippen LogP contribution < -0.4 is 5.32 Å². The van der Waals surface area contributed by atoms with Crippen molar-refractivity contribution >= 4 is 5.97 Å². The highest BCUT2D eigenvalue weighted by Crippen LogP contribution is 2.29. The van der Waals surface area contributed by atoms with Crippen molar-refractivity contribution in [2.45, 2.75) is 18.9 Å². The number of ether oxygens (including phenoxy) is 1. The normalized spacial score (nSPS) is 25.1. The van der Waals surface area contributed by atoms with Gasteiger partial charge in [-0.2, -0.15) is 0 Å². The summed E-state index contributed by atoms with van der Waals surface area (Å²) in [5, 5.41) is 3.40. The summed E-state index contributed by atoms with van der Waals surface area (Å²) in [7, 11) is 1.46. The number of nitrogens with one attached hydrogen (secondary N) is 1. The summed E-state index contributed by atoms with van der Waals surface area (Å²) in [4.78, 5) is 11.7. The van der Waals surface area contributed by atoms with Gasteiger partial charge in [0, 0.05) is 6.04 Å². The van der Waals surface area contributed by atoms with Gasteiger partial charge in [0.25, 0.3) is 0 Å². The highest BCUT2D eigenvalue weighted by Gasteiger charge is 2.32. The van der Waals surface area contributed by atoms with Crippen LogP contribution in [0.1, 0.15) is 24.4 Å². The summed E-state index contributed by atoms with van der Waals surface area (Å²) < 4.78 is 4.86. The number of hydrogen-bond acceptors (Lipinski definition) is 3. The Morgan fingerprint density at radius 1 is 1.38 bits per heavy atom. The number of carbonyl (C=O) groups excluding carboxylic acids is 1. The van der Waals surface area contributed by atoms with Gasteiger partial charge in [0.1, 0.15) is 0 Å². The highest BCUT2D eigenvalue weighted by atomic mass is 16.5. The second kappa shape index (κ2) is 5.12. The molecular formula is C13H17NO2. The van der Waals surface area contributed by atoms with Crippen LogP contribution in [0.5, 0.6) is 0 Å². The first-order valence-corrected chi connectivity index (χ1v) is 5.69. The van der Waals surface area contributed by atoms with Crippen LogP contribution in [0.3, 0.4) is 0 Å². The summed E-state index contributed by atoms with van der Waals surface area (Å²) in [6, 6.07) is 10.2. The van der Waals surface area contributed by atoms with E-state index in [9.17, 15) is 4.79 Å². The SMILES string of the molecule is COC(=O)[C@@H]1CCCN[C@@H]1c1ccccc1. The number of methoxy groups -OCH3 is 1. The van der Waals surface area contributed by atoms with Gasteiger partial charge in [-0.3, -0.25) is 4.79 Å². The zero-order valence-corrected chi connectivity index (χ0v) is 9.48. The van der Waals surface area contributed by atoms with Crippen molar-refractivity contribution in [2.24, 2.45) is 5.92 Å². The Morgan fingerprint density at radius 3 is 2.81 bits per heavy atom. The van der Waals surface area contributed by atoms with Crippen molar-refractivity contribution in [3.8, 4) is 0 Å². The number of carbonyl (C=O) groups is 1. The molecule has 0 saturated carbocycles. The van der Waals surface area contributed by atoms with Crippen LogP contribution in [0.2, 0.25) is 0 Å². The van der Waals surface area contributed by atoms with E-state index in [-0.39, 0.29) is 17.9 Å². The van der Waals surface area contributed by atoms with Gasteiger partial charge in [0.15, 0.2) is 0 Å². The van der Waals surface area contributed by atoms with Gasteiger partial charge in [0.2, 0.25) is 0 Å². The first-order valence-electron chi connectivity index (χ1n) is 5.69. The monoisotopic (exact) mass is 219 g/mol. The highest BCUT2D eigenvalue weighted by molar-refractivity contribution is 5.73. The standard InChI is InChI=1S/C13H17NO2/c1-16-13(15)11-8-5-9-14-12(11)10-6-3-2-4-7-10/h2-4,6-7,11-12,14H,5,8-9H2,1H3/t11-,12-/m1/s1. The Morgan fingerprint density at radius 2 is 2.12 bits per heavy atom. The van der Waals surface area contributed by atoms with Gasteiger partial charge >= 0.3 is 5.97 Å². The lowest BCUT2D eigenvalue weighted by molar-refractivity contribution is -0.147. The molecule has 0 amide bonds. The Kier molecular flexibility index (Phi) is 3.57. The number of hydrogen-bond donors (Lipinski definition) is 1. The minimum absolute atomic E-state index is 0.0545. The fourth-order valence-corrected chi connectivity index (χ4v) is 2.30. The molecule has 2 rings (SSSR count). The van der Waals surface area contributed by atoms with Crippen LogP contribution in [0.4, 0.5) is 0 Å². The second-order valence-electron chi connectivity index (χ2n) is 4.11. The van der Waals surface area contributed by atoms with Crippen molar-refractivity contribution in [1.82, 2.24) is 5.32 Å². The fourth-order valence-electron chi connectivity index (χ4n) is 2.30. The van der Waals surface area contributed by atoms with E-state index in [1.54, 1.807) is 0 Å². The third-order valence-electron chi connectivity index (χ3n) is 3.12. The third kappa shape index (κ3) is 2.25. The van der Waals surface area contributed by atoms with E-state index >= 15 is 0 Å². The molecule has 2 atom stereocenters. The lowest BCUT2D eigenvalue weighted by atomic mass is 9.86. The molecule has 1 aromatic rings. The third-order valence-corrected chi connectivity index (χ3v) is 3.12. The van der Waals surface area contributed by atoms with Gasteiger partial charge in [-0.1, -0.05) is 30.3 Å². The summed E-state index contributed by atoms with van der Waals surface area (Å²) in [6.07, 6.45) is 1.93. The van der Waals surface area contributed by atoms with Gasteiger partial charge in [0.05, 0.1) is 13.0 Å². The molecule has 1 aliphatic heterocycles.